The Morgan fingerprint density at radius 1 is 1.53 bits per heavy atom. The van der Waals surface area contributed by atoms with E-state index in [1.807, 2.05) is 30.8 Å². The number of aromatic nitrogens is 2. The van der Waals surface area contributed by atoms with Crippen molar-refractivity contribution < 1.29 is 4.79 Å². The first-order valence-corrected chi connectivity index (χ1v) is 7.09. The summed E-state index contributed by atoms with van der Waals surface area (Å²) in [5.74, 6) is 0.269. The first-order valence-electron chi connectivity index (χ1n) is 5.72. The normalized spacial score (nSPS) is 10.5. The summed E-state index contributed by atoms with van der Waals surface area (Å²) in [6.45, 7) is 1.91. The number of amides is 1. The summed E-state index contributed by atoms with van der Waals surface area (Å²) in [5, 5.41) is 4.35. The number of halogens is 1. The molecule has 0 aliphatic carbocycles. The molecule has 1 heterocycles. The summed E-state index contributed by atoms with van der Waals surface area (Å²) in [7, 11) is 1.90. The van der Waals surface area contributed by atoms with Crippen LogP contribution in [0.5, 0.6) is 0 Å². The van der Waals surface area contributed by atoms with E-state index < -0.39 is 0 Å². The van der Waals surface area contributed by atoms with Crippen LogP contribution >= 0.6 is 23.4 Å². The minimum Gasteiger partial charge on any atom is -0.329 e. The zero-order valence-electron chi connectivity index (χ0n) is 10.7. The molecule has 2 aromatic rings. The third-order valence-electron chi connectivity index (χ3n) is 2.57. The molecule has 4 nitrogen and oxygen atoms in total. The van der Waals surface area contributed by atoms with Gasteiger partial charge in [0.25, 0.3) is 0 Å². The average Bonchev–Trinajstić information content (AvgIpc) is 2.76. The summed E-state index contributed by atoms with van der Waals surface area (Å²) < 4.78 is 1.88. The van der Waals surface area contributed by atoms with Gasteiger partial charge in [-0.05, 0) is 30.7 Å². The van der Waals surface area contributed by atoms with Gasteiger partial charge in [-0.2, -0.15) is 0 Å². The lowest BCUT2D eigenvalue weighted by atomic mass is 10.2. The Kier molecular flexibility index (Phi) is 4.50. The van der Waals surface area contributed by atoms with Gasteiger partial charge in [0.2, 0.25) is 5.91 Å². The van der Waals surface area contributed by atoms with Gasteiger partial charge >= 0.3 is 0 Å². The van der Waals surface area contributed by atoms with Gasteiger partial charge in [0.05, 0.1) is 5.75 Å². The first-order chi connectivity index (χ1) is 9.06. The number of carbonyl (C=O) groups excluding carboxylic acids is 1. The van der Waals surface area contributed by atoms with Gasteiger partial charge in [0, 0.05) is 30.2 Å². The van der Waals surface area contributed by atoms with Crippen LogP contribution in [0.3, 0.4) is 0 Å². The fourth-order valence-corrected chi connectivity index (χ4v) is 2.53. The third-order valence-corrected chi connectivity index (χ3v) is 3.87. The van der Waals surface area contributed by atoms with Crippen LogP contribution in [0.1, 0.15) is 5.56 Å². The van der Waals surface area contributed by atoms with Crippen molar-refractivity contribution in [3.8, 4) is 0 Å². The van der Waals surface area contributed by atoms with E-state index in [9.17, 15) is 4.79 Å². The van der Waals surface area contributed by atoms with Crippen LogP contribution < -0.4 is 5.32 Å². The molecule has 19 heavy (non-hydrogen) atoms. The van der Waals surface area contributed by atoms with Crippen LogP contribution in [-0.2, 0) is 11.8 Å². The van der Waals surface area contributed by atoms with E-state index in [4.69, 9.17) is 11.6 Å². The molecule has 1 amide bonds. The fourth-order valence-electron chi connectivity index (χ4n) is 1.57. The van der Waals surface area contributed by atoms with Crippen LogP contribution in [0.4, 0.5) is 5.69 Å². The molecule has 0 saturated carbocycles. The standard InChI is InChI=1S/C13H14ClN3OS/c1-9-7-10(14)3-4-11(9)16-12(18)8-19-13-15-5-6-17(13)2/h3-7H,8H2,1-2H3,(H,16,18). The topological polar surface area (TPSA) is 46.9 Å². The predicted octanol–water partition coefficient (Wildman–Crippen LogP) is 3.11. The Hall–Kier alpha value is -1.46. The molecular weight excluding hydrogens is 282 g/mol. The smallest absolute Gasteiger partial charge is 0.234 e. The molecule has 1 N–H and O–H groups in total. The number of rotatable bonds is 4. The number of nitrogens with zero attached hydrogens (tertiary/aromatic N) is 2. The number of thioether (sulfide) groups is 1. The van der Waals surface area contributed by atoms with E-state index in [1.165, 1.54) is 11.8 Å². The van der Waals surface area contributed by atoms with Gasteiger partial charge in [0.1, 0.15) is 0 Å². The highest BCUT2D eigenvalue weighted by Crippen LogP contribution is 2.20. The molecular formula is C13H14ClN3OS. The highest BCUT2D eigenvalue weighted by Gasteiger charge is 2.08. The molecule has 0 atom stereocenters. The molecule has 0 radical (unpaired) electrons. The summed E-state index contributed by atoms with van der Waals surface area (Å²) in [6.07, 6.45) is 3.56. The second kappa shape index (κ2) is 6.12. The van der Waals surface area contributed by atoms with Gasteiger partial charge in [-0.25, -0.2) is 4.98 Å². The van der Waals surface area contributed by atoms with Crippen molar-refractivity contribution in [2.24, 2.45) is 7.05 Å². The predicted molar refractivity (Wildman–Crippen MR) is 78.8 cm³/mol. The minimum absolute atomic E-state index is 0.0570. The Bertz CT molecular complexity index is 597. The zero-order valence-corrected chi connectivity index (χ0v) is 12.3. The molecule has 1 aromatic carbocycles. The van der Waals surface area contributed by atoms with E-state index in [0.29, 0.717) is 10.8 Å². The van der Waals surface area contributed by atoms with E-state index in [2.05, 4.69) is 10.3 Å². The summed E-state index contributed by atoms with van der Waals surface area (Å²) in [6, 6.07) is 5.39. The maximum absolute atomic E-state index is 11.9. The number of hydrogen-bond donors (Lipinski definition) is 1. The molecule has 100 valence electrons. The molecule has 0 bridgehead atoms. The first kappa shape index (κ1) is 14.0. The maximum Gasteiger partial charge on any atom is 0.234 e. The van der Waals surface area contributed by atoms with Crippen molar-refractivity contribution in [2.75, 3.05) is 11.1 Å². The summed E-state index contributed by atoms with van der Waals surface area (Å²) in [5.41, 5.74) is 1.73. The zero-order chi connectivity index (χ0) is 13.8. The van der Waals surface area contributed by atoms with Gasteiger partial charge in [-0.15, -0.1) is 0 Å². The molecule has 1 aromatic heterocycles. The largest absolute Gasteiger partial charge is 0.329 e. The minimum atomic E-state index is -0.0570. The van der Waals surface area contributed by atoms with Crippen LogP contribution in [0, 0.1) is 6.92 Å². The van der Waals surface area contributed by atoms with Gasteiger partial charge in [0.15, 0.2) is 5.16 Å². The van der Waals surface area contributed by atoms with Gasteiger partial charge in [-0.1, -0.05) is 23.4 Å². The highest BCUT2D eigenvalue weighted by atomic mass is 35.5. The quantitative estimate of drug-likeness (QED) is 0.882. The lowest BCUT2D eigenvalue weighted by molar-refractivity contribution is -0.113. The molecule has 0 aliphatic rings. The molecule has 0 spiro atoms. The van der Waals surface area contributed by atoms with E-state index in [0.717, 1.165) is 16.4 Å². The average molecular weight is 296 g/mol. The monoisotopic (exact) mass is 295 g/mol. The number of carbonyl (C=O) groups is 1. The Balaban J connectivity index is 1.93. The van der Waals surface area contributed by atoms with Crippen LogP contribution in [0.25, 0.3) is 0 Å². The fraction of sp³-hybridized carbons (Fsp3) is 0.231. The molecule has 6 heteroatoms. The number of benzene rings is 1. The molecule has 0 unspecified atom stereocenters. The second-order valence-corrected chi connectivity index (χ2v) is 5.50. The van der Waals surface area contributed by atoms with Gasteiger partial charge < -0.3 is 9.88 Å². The van der Waals surface area contributed by atoms with E-state index in [-0.39, 0.29) is 5.91 Å². The summed E-state index contributed by atoms with van der Waals surface area (Å²) >= 11 is 7.28. The lowest BCUT2D eigenvalue weighted by Crippen LogP contribution is -2.15. The Morgan fingerprint density at radius 2 is 2.32 bits per heavy atom. The van der Waals surface area contributed by atoms with Crippen molar-refractivity contribution in [1.82, 2.24) is 9.55 Å². The molecule has 0 saturated heterocycles. The van der Waals surface area contributed by atoms with Crippen LogP contribution in [-0.4, -0.2) is 21.2 Å². The van der Waals surface area contributed by atoms with Crippen molar-refractivity contribution >= 4 is 35.0 Å². The van der Waals surface area contributed by atoms with E-state index >= 15 is 0 Å². The van der Waals surface area contributed by atoms with Crippen LogP contribution in [0.2, 0.25) is 5.02 Å². The summed E-state index contributed by atoms with van der Waals surface area (Å²) in [4.78, 5) is 16.0. The van der Waals surface area contributed by atoms with E-state index in [1.54, 1.807) is 18.3 Å². The van der Waals surface area contributed by atoms with Crippen molar-refractivity contribution in [3.05, 3.63) is 41.2 Å². The molecule has 0 aliphatic heterocycles. The number of nitrogens with one attached hydrogen (secondary N) is 1. The number of anilines is 1. The van der Waals surface area contributed by atoms with Crippen molar-refractivity contribution in [3.63, 3.8) is 0 Å². The van der Waals surface area contributed by atoms with Crippen molar-refractivity contribution in [2.45, 2.75) is 12.1 Å². The molecule has 2 rings (SSSR count). The SMILES string of the molecule is Cc1cc(Cl)ccc1NC(=O)CSc1nccn1C. The van der Waals surface area contributed by atoms with Crippen molar-refractivity contribution in [1.29, 1.82) is 0 Å². The highest BCUT2D eigenvalue weighted by molar-refractivity contribution is 7.99. The number of hydrogen-bond acceptors (Lipinski definition) is 3. The second-order valence-electron chi connectivity index (χ2n) is 4.12. The van der Waals surface area contributed by atoms with Gasteiger partial charge in [-0.3, -0.25) is 4.79 Å². The third kappa shape index (κ3) is 3.75. The number of imidazole rings is 1. The Labute approximate surface area is 121 Å². The maximum atomic E-state index is 11.9. The number of aryl methyl sites for hydroxylation is 2. The lowest BCUT2D eigenvalue weighted by Gasteiger charge is -2.08. The Morgan fingerprint density at radius 3 is 2.95 bits per heavy atom. The van der Waals surface area contributed by atoms with Crippen LogP contribution in [0.15, 0.2) is 35.7 Å². The molecule has 0 fully saturated rings.